The first kappa shape index (κ1) is 14.4. The second-order valence-corrected chi connectivity index (χ2v) is 7.33. The summed E-state index contributed by atoms with van der Waals surface area (Å²) in [5.41, 5.74) is 0.645. The van der Waals surface area contributed by atoms with Gasteiger partial charge in [0.1, 0.15) is 16.3 Å². The maximum absolute atomic E-state index is 13.8. The Morgan fingerprint density at radius 3 is 2.76 bits per heavy atom. The maximum Gasteiger partial charge on any atom is 0.220 e. The number of nitrogens with two attached hydrogens (primary N) is 1. The van der Waals surface area contributed by atoms with E-state index in [1.165, 1.54) is 16.9 Å². The average molecular weight is 331 g/mol. The summed E-state index contributed by atoms with van der Waals surface area (Å²) < 4.78 is 37.3. The lowest BCUT2D eigenvalue weighted by Gasteiger charge is -2.07. The van der Waals surface area contributed by atoms with E-state index >= 15 is 0 Å². The molecule has 1 fully saturated rings. The fraction of sp³-hybridized carbons (Fsp3) is 0.333. The van der Waals surface area contributed by atoms with Crippen LogP contribution in [0.3, 0.4) is 0 Å². The van der Waals surface area contributed by atoms with Crippen molar-refractivity contribution in [1.82, 2.24) is 15.0 Å². The number of hydrogen-bond donors (Lipinski definition) is 1. The van der Waals surface area contributed by atoms with Gasteiger partial charge in [-0.3, -0.25) is 0 Å². The Kier molecular flexibility index (Phi) is 3.27. The van der Waals surface area contributed by atoms with Crippen molar-refractivity contribution in [3.8, 4) is 0 Å². The molecule has 1 aliphatic carbocycles. The third-order valence-corrected chi connectivity index (χ3v) is 5.62. The van der Waals surface area contributed by atoms with Crippen LogP contribution in [0, 0.1) is 5.82 Å². The van der Waals surface area contributed by atoms with Crippen molar-refractivity contribution in [2.45, 2.75) is 24.1 Å². The van der Waals surface area contributed by atoms with Crippen molar-refractivity contribution >= 4 is 21.6 Å². The summed E-state index contributed by atoms with van der Waals surface area (Å²) >= 11 is 5.71. The van der Waals surface area contributed by atoms with E-state index in [4.69, 9.17) is 16.7 Å². The van der Waals surface area contributed by atoms with Crippen molar-refractivity contribution in [2.24, 2.45) is 5.14 Å². The third-order valence-electron chi connectivity index (χ3n) is 3.62. The second-order valence-electron chi connectivity index (χ2n) is 5.05. The summed E-state index contributed by atoms with van der Waals surface area (Å²) in [6, 6.07) is 4.66. The average Bonchev–Trinajstić information content (AvgIpc) is 3.10. The zero-order valence-corrected chi connectivity index (χ0v) is 12.4. The first-order valence-electron chi connectivity index (χ1n) is 6.19. The molecule has 0 bridgehead atoms. The van der Waals surface area contributed by atoms with Crippen LogP contribution in [0.4, 0.5) is 4.39 Å². The molecular weight excluding hydrogens is 319 g/mol. The minimum Gasteiger partial charge on any atom is -0.248 e. The number of primary sulfonamides is 1. The highest BCUT2D eigenvalue weighted by Crippen LogP contribution is 2.50. The van der Waals surface area contributed by atoms with Crippen LogP contribution in [-0.4, -0.2) is 23.4 Å². The summed E-state index contributed by atoms with van der Waals surface area (Å²) in [5, 5.41) is 13.0. The molecule has 1 aliphatic rings. The van der Waals surface area contributed by atoms with Crippen LogP contribution in [-0.2, 0) is 21.3 Å². The SMILES string of the molecule is NS(=O)(=O)C1(c2cn(Cc3cccc(Cl)c3F)nn2)CC1. The minimum atomic E-state index is -3.73. The van der Waals surface area contributed by atoms with Gasteiger partial charge in [0.2, 0.25) is 10.0 Å². The molecule has 0 aliphatic heterocycles. The Balaban J connectivity index is 1.89. The molecule has 0 spiro atoms. The van der Waals surface area contributed by atoms with Crippen molar-refractivity contribution < 1.29 is 12.8 Å². The molecule has 0 amide bonds. The molecule has 9 heteroatoms. The number of aromatic nitrogens is 3. The zero-order valence-electron chi connectivity index (χ0n) is 10.8. The topological polar surface area (TPSA) is 90.9 Å². The van der Waals surface area contributed by atoms with Crippen LogP contribution in [0.1, 0.15) is 24.1 Å². The van der Waals surface area contributed by atoms with E-state index in [9.17, 15) is 12.8 Å². The van der Waals surface area contributed by atoms with Gasteiger partial charge in [-0.25, -0.2) is 22.6 Å². The van der Waals surface area contributed by atoms with Crippen LogP contribution in [0.2, 0.25) is 5.02 Å². The Labute approximate surface area is 125 Å². The van der Waals surface area contributed by atoms with Gasteiger partial charge in [0.15, 0.2) is 0 Å². The lowest BCUT2D eigenvalue weighted by molar-refractivity contribution is 0.577. The molecule has 0 saturated heterocycles. The van der Waals surface area contributed by atoms with Gasteiger partial charge in [0, 0.05) is 5.56 Å². The molecule has 0 unspecified atom stereocenters. The van der Waals surface area contributed by atoms with Gasteiger partial charge in [-0.2, -0.15) is 0 Å². The normalized spacial score (nSPS) is 16.9. The monoisotopic (exact) mass is 330 g/mol. The molecule has 1 aromatic heterocycles. The van der Waals surface area contributed by atoms with Gasteiger partial charge < -0.3 is 0 Å². The van der Waals surface area contributed by atoms with E-state index in [-0.39, 0.29) is 11.6 Å². The molecule has 1 heterocycles. The Morgan fingerprint density at radius 1 is 1.43 bits per heavy atom. The number of sulfonamides is 1. The Morgan fingerprint density at radius 2 is 2.14 bits per heavy atom. The maximum atomic E-state index is 13.8. The highest BCUT2D eigenvalue weighted by molar-refractivity contribution is 7.90. The van der Waals surface area contributed by atoms with Gasteiger partial charge in [-0.05, 0) is 18.9 Å². The Hall–Kier alpha value is -1.51. The summed E-state index contributed by atoms with van der Waals surface area (Å²) in [6.07, 6.45) is 2.34. The van der Waals surface area contributed by atoms with E-state index in [0.717, 1.165) is 0 Å². The van der Waals surface area contributed by atoms with E-state index in [0.29, 0.717) is 24.1 Å². The number of nitrogens with zero attached hydrogens (tertiary/aromatic N) is 3. The molecule has 3 rings (SSSR count). The van der Waals surface area contributed by atoms with Crippen molar-refractivity contribution in [1.29, 1.82) is 0 Å². The van der Waals surface area contributed by atoms with Crippen molar-refractivity contribution in [3.63, 3.8) is 0 Å². The van der Waals surface area contributed by atoms with E-state index in [2.05, 4.69) is 10.3 Å². The van der Waals surface area contributed by atoms with Gasteiger partial charge >= 0.3 is 0 Å². The smallest absolute Gasteiger partial charge is 0.220 e. The van der Waals surface area contributed by atoms with E-state index in [1.54, 1.807) is 12.1 Å². The number of hydrogen-bond acceptors (Lipinski definition) is 4. The standard InChI is InChI=1S/C12H12ClFN4O2S/c13-9-3-1-2-8(11(9)14)6-18-7-10(16-17-18)12(4-5-12)21(15,19)20/h1-3,7H,4-6H2,(H2,15,19,20). The zero-order chi connectivity index (χ0) is 15.3. The van der Waals surface area contributed by atoms with Crippen LogP contribution < -0.4 is 5.14 Å². The fourth-order valence-electron chi connectivity index (χ4n) is 2.23. The van der Waals surface area contributed by atoms with Crippen LogP contribution in [0.25, 0.3) is 0 Å². The molecule has 2 aromatic rings. The molecule has 6 nitrogen and oxygen atoms in total. The highest BCUT2D eigenvalue weighted by atomic mass is 35.5. The number of rotatable bonds is 4. The number of benzene rings is 1. The van der Waals surface area contributed by atoms with Gasteiger partial charge in [-0.1, -0.05) is 28.9 Å². The van der Waals surface area contributed by atoms with Gasteiger partial charge in [-0.15, -0.1) is 5.10 Å². The molecule has 0 radical (unpaired) electrons. The first-order chi connectivity index (χ1) is 9.83. The third kappa shape index (κ3) is 2.43. The highest BCUT2D eigenvalue weighted by Gasteiger charge is 2.56. The number of halogens is 2. The molecule has 112 valence electrons. The summed E-state index contributed by atoms with van der Waals surface area (Å²) in [6.45, 7) is 0.111. The minimum absolute atomic E-state index is 0.0241. The van der Waals surface area contributed by atoms with Crippen molar-refractivity contribution in [2.75, 3.05) is 0 Å². The van der Waals surface area contributed by atoms with Gasteiger partial charge in [0.05, 0.1) is 17.8 Å². The van der Waals surface area contributed by atoms with Crippen LogP contribution in [0.15, 0.2) is 24.4 Å². The summed E-state index contributed by atoms with van der Waals surface area (Å²) in [7, 11) is -3.73. The molecule has 1 aromatic carbocycles. The Bertz CT molecular complexity index is 801. The van der Waals surface area contributed by atoms with Crippen LogP contribution >= 0.6 is 11.6 Å². The molecule has 1 saturated carbocycles. The predicted octanol–water partition coefficient (Wildman–Crippen LogP) is 1.40. The van der Waals surface area contributed by atoms with E-state index < -0.39 is 20.6 Å². The molecule has 21 heavy (non-hydrogen) atoms. The fourth-order valence-corrected chi connectivity index (χ4v) is 3.48. The summed E-state index contributed by atoms with van der Waals surface area (Å²) in [5.74, 6) is -0.524. The molecule has 0 atom stereocenters. The predicted molar refractivity (Wildman–Crippen MR) is 74.6 cm³/mol. The van der Waals surface area contributed by atoms with Gasteiger partial charge in [0.25, 0.3) is 0 Å². The second kappa shape index (κ2) is 4.75. The summed E-state index contributed by atoms with van der Waals surface area (Å²) in [4.78, 5) is 0. The lowest BCUT2D eigenvalue weighted by atomic mass is 10.2. The molecule has 2 N–H and O–H groups in total. The lowest BCUT2D eigenvalue weighted by Crippen LogP contribution is -2.28. The van der Waals surface area contributed by atoms with Crippen LogP contribution in [0.5, 0.6) is 0 Å². The first-order valence-corrected chi connectivity index (χ1v) is 8.12. The van der Waals surface area contributed by atoms with Crippen molar-refractivity contribution in [3.05, 3.63) is 46.5 Å². The largest absolute Gasteiger partial charge is 0.248 e. The molecular formula is C12H12ClFN4O2S. The quantitative estimate of drug-likeness (QED) is 0.917. The van der Waals surface area contributed by atoms with E-state index in [1.807, 2.05) is 0 Å².